The summed E-state index contributed by atoms with van der Waals surface area (Å²) in [6.07, 6.45) is 12.0. The first-order valence-electron chi connectivity index (χ1n) is 7.83. The molecular formula is C15H32N2O2. The molecule has 0 bridgehead atoms. The maximum absolute atomic E-state index is 11.3. The Morgan fingerprint density at radius 2 is 1.47 bits per heavy atom. The molecule has 19 heavy (non-hydrogen) atoms. The Bertz CT molecular complexity index is 208. The minimum absolute atomic E-state index is 0.122. The van der Waals surface area contributed by atoms with Crippen molar-refractivity contribution in [3.05, 3.63) is 0 Å². The predicted molar refractivity (Wildman–Crippen MR) is 79.6 cm³/mol. The van der Waals surface area contributed by atoms with Crippen LogP contribution in [0.4, 0.5) is 0 Å². The quantitative estimate of drug-likeness (QED) is 0.307. The number of rotatable bonds is 13. The number of hydrogen-bond donors (Lipinski definition) is 2. The van der Waals surface area contributed by atoms with Gasteiger partial charge in [0.2, 0.25) is 0 Å². The number of carbonyl (C=O) groups excluding carboxylic acids is 1. The third-order valence-electron chi connectivity index (χ3n) is 3.20. The lowest BCUT2D eigenvalue weighted by Gasteiger charge is -2.06. The van der Waals surface area contributed by atoms with E-state index < -0.39 is 0 Å². The van der Waals surface area contributed by atoms with Crippen LogP contribution >= 0.6 is 0 Å². The summed E-state index contributed by atoms with van der Waals surface area (Å²) in [6, 6.07) is 0. The lowest BCUT2D eigenvalue weighted by atomic mass is 10.1. The van der Waals surface area contributed by atoms with Crippen LogP contribution < -0.4 is 11.5 Å². The standard InChI is InChI=1S/C15H32N2O2/c1-2-3-4-5-6-7-8-9-10-11-15(18)19-13-12-14(16)17/h14H,2-13,16-17H2,1H3. The van der Waals surface area contributed by atoms with E-state index in [0.29, 0.717) is 19.4 Å². The highest BCUT2D eigenvalue weighted by atomic mass is 16.5. The molecule has 0 aromatic heterocycles. The monoisotopic (exact) mass is 272 g/mol. The van der Waals surface area contributed by atoms with Crippen LogP contribution in [0.2, 0.25) is 0 Å². The maximum atomic E-state index is 11.3. The molecule has 0 saturated carbocycles. The molecule has 0 unspecified atom stereocenters. The smallest absolute Gasteiger partial charge is 0.305 e. The molecule has 4 N–H and O–H groups in total. The van der Waals surface area contributed by atoms with Crippen LogP contribution in [0.3, 0.4) is 0 Å². The third-order valence-corrected chi connectivity index (χ3v) is 3.20. The van der Waals surface area contributed by atoms with E-state index in [0.717, 1.165) is 12.8 Å². The fourth-order valence-corrected chi connectivity index (χ4v) is 1.96. The number of nitrogens with two attached hydrogens (primary N) is 2. The SMILES string of the molecule is CCCCCCCCCCCC(=O)OCCC(N)N. The summed E-state index contributed by atoms with van der Waals surface area (Å²) in [5, 5.41) is 0. The molecular weight excluding hydrogens is 240 g/mol. The van der Waals surface area contributed by atoms with Gasteiger partial charge in [0, 0.05) is 12.8 Å². The highest BCUT2D eigenvalue weighted by Crippen LogP contribution is 2.10. The summed E-state index contributed by atoms with van der Waals surface area (Å²) in [7, 11) is 0. The van der Waals surface area contributed by atoms with Gasteiger partial charge in [-0.3, -0.25) is 4.79 Å². The Labute approximate surface area is 118 Å². The topological polar surface area (TPSA) is 78.3 Å². The van der Waals surface area contributed by atoms with Gasteiger partial charge >= 0.3 is 5.97 Å². The predicted octanol–water partition coefficient (Wildman–Crippen LogP) is 3.08. The Kier molecular flexibility index (Phi) is 13.4. The van der Waals surface area contributed by atoms with Crippen LogP contribution in [0, 0.1) is 0 Å². The van der Waals surface area contributed by atoms with Crippen molar-refractivity contribution in [1.82, 2.24) is 0 Å². The molecule has 4 heteroatoms. The van der Waals surface area contributed by atoms with Crippen molar-refractivity contribution in [2.75, 3.05) is 6.61 Å². The first-order valence-corrected chi connectivity index (χ1v) is 7.83. The van der Waals surface area contributed by atoms with Crippen LogP contribution in [-0.4, -0.2) is 18.7 Å². The van der Waals surface area contributed by atoms with E-state index in [9.17, 15) is 4.79 Å². The van der Waals surface area contributed by atoms with Gasteiger partial charge in [-0.25, -0.2) is 0 Å². The first-order chi connectivity index (χ1) is 9.16. The number of carbonyl (C=O) groups is 1. The molecule has 0 aliphatic heterocycles. The van der Waals surface area contributed by atoms with Crippen molar-refractivity contribution >= 4 is 5.97 Å². The van der Waals surface area contributed by atoms with Gasteiger partial charge in [-0.15, -0.1) is 0 Å². The minimum Gasteiger partial charge on any atom is -0.466 e. The molecule has 0 atom stereocenters. The molecule has 0 radical (unpaired) electrons. The molecule has 0 fully saturated rings. The van der Waals surface area contributed by atoms with Gasteiger partial charge < -0.3 is 16.2 Å². The number of esters is 1. The van der Waals surface area contributed by atoms with Crippen LogP contribution in [0.1, 0.15) is 77.6 Å². The number of hydrogen-bond acceptors (Lipinski definition) is 4. The van der Waals surface area contributed by atoms with Crippen LogP contribution in [0.5, 0.6) is 0 Å². The van der Waals surface area contributed by atoms with Gasteiger partial charge in [-0.05, 0) is 6.42 Å². The van der Waals surface area contributed by atoms with Gasteiger partial charge in [0.1, 0.15) is 0 Å². The second kappa shape index (κ2) is 13.8. The van der Waals surface area contributed by atoms with E-state index in [1.807, 2.05) is 0 Å². The molecule has 4 nitrogen and oxygen atoms in total. The van der Waals surface area contributed by atoms with Crippen molar-refractivity contribution in [2.45, 2.75) is 83.7 Å². The van der Waals surface area contributed by atoms with Crippen LogP contribution in [0.25, 0.3) is 0 Å². The maximum Gasteiger partial charge on any atom is 0.305 e. The van der Waals surface area contributed by atoms with Crippen molar-refractivity contribution < 1.29 is 9.53 Å². The number of ether oxygens (including phenoxy) is 1. The lowest BCUT2D eigenvalue weighted by molar-refractivity contribution is -0.143. The summed E-state index contributed by atoms with van der Waals surface area (Å²) < 4.78 is 5.03. The summed E-state index contributed by atoms with van der Waals surface area (Å²) >= 11 is 0. The molecule has 0 aliphatic carbocycles. The Morgan fingerprint density at radius 1 is 0.947 bits per heavy atom. The minimum atomic E-state index is -0.388. The van der Waals surface area contributed by atoms with E-state index in [1.54, 1.807) is 0 Å². The first kappa shape index (κ1) is 18.4. The second-order valence-corrected chi connectivity index (χ2v) is 5.25. The fraction of sp³-hybridized carbons (Fsp3) is 0.933. The Hall–Kier alpha value is -0.610. The number of unbranched alkanes of at least 4 members (excludes halogenated alkanes) is 8. The Morgan fingerprint density at radius 3 is 2.00 bits per heavy atom. The lowest BCUT2D eigenvalue weighted by Crippen LogP contribution is -2.31. The highest BCUT2D eigenvalue weighted by molar-refractivity contribution is 5.69. The van der Waals surface area contributed by atoms with Crippen molar-refractivity contribution in [1.29, 1.82) is 0 Å². The van der Waals surface area contributed by atoms with Gasteiger partial charge in [0.05, 0.1) is 12.8 Å². The van der Waals surface area contributed by atoms with Gasteiger partial charge in [-0.2, -0.15) is 0 Å². The third kappa shape index (κ3) is 15.3. The zero-order chi connectivity index (χ0) is 14.3. The van der Waals surface area contributed by atoms with Gasteiger partial charge in [0.25, 0.3) is 0 Å². The zero-order valence-electron chi connectivity index (χ0n) is 12.5. The molecule has 0 aromatic carbocycles. The molecule has 0 spiro atoms. The molecule has 0 aliphatic rings. The summed E-state index contributed by atoms with van der Waals surface area (Å²) in [5.41, 5.74) is 10.7. The van der Waals surface area contributed by atoms with Crippen LogP contribution in [0.15, 0.2) is 0 Å². The zero-order valence-corrected chi connectivity index (χ0v) is 12.5. The van der Waals surface area contributed by atoms with E-state index >= 15 is 0 Å². The molecule has 0 amide bonds. The molecule has 0 aromatic rings. The van der Waals surface area contributed by atoms with Gasteiger partial charge in [-0.1, -0.05) is 58.3 Å². The molecule has 114 valence electrons. The van der Waals surface area contributed by atoms with Crippen molar-refractivity contribution in [3.63, 3.8) is 0 Å². The summed E-state index contributed by atoms with van der Waals surface area (Å²) in [5.74, 6) is -0.122. The second-order valence-electron chi connectivity index (χ2n) is 5.25. The fourth-order valence-electron chi connectivity index (χ4n) is 1.96. The van der Waals surface area contributed by atoms with Crippen LogP contribution in [-0.2, 0) is 9.53 Å². The van der Waals surface area contributed by atoms with E-state index in [2.05, 4.69) is 6.92 Å². The van der Waals surface area contributed by atoms with E-state index in [4.69, 9.17) is 16.2 Å². The molecule has 0 saturated heterocycles. The molecule has 0 rings (SSSR count). The normalized spacial score (nSPS) is 10.9. The largest absolute Gasteiger partial charge is 0.466 e. The average Bonchev–Trinajstić information content (AvgIpc) is 2.36. The van der Waals surface area contributed by atoms with Crippen molar-refractivity contribution in [3.8, 4) is 0 Å². The summed E-state index contributed by atoms with van der Waals surface area (Å²) in [4.78, 5) is 11.3. The summed E-state index contributed by atoms with van der Waals surface area (Å²) in [6.45, 7) is 2.58. The molecule has 0 heterocycles. The van der Waals surface area contributed by atoms with Gasteiger partial charge in [0.15, 0.2) is 0 Å². The van der Waals surface area contributed by atoms with E-state index in [1.165, 1.54) is 44.9 Å². The van der Waals surface area contributed by atoms with E-state index in [-0.39, 0.29) is 12.1 Å². The Balaban J connectivity index is 3.14. The van der Waals surface area contributed by atoms with Crippen molar-refractivity contribution in [2.24, 2.45) is 11.5 Å². The highest BCUT2D eigenvalue weighted by Gasteiger charge is 2.03. The average molecular weight is 272 g/mol.